The number of carbonyl (C=O) groups excluding carboxylic acids is 2. The number of para-hydroxylation sites is 2. The number of imide groups is 1. The van der Waals surface area contributed by atoms with E-state index < -0.39 is 0 Å². The molecule has 0 unspecified atom stereocenters. The number of nitrogens with zero attached hydrogens (tertiary/aromatic N) is 1. The second kappa shape index (κ2) is 6.30. The van der Waals surface area contributed by atoms with Gasteiger partial charge in [-0.05, 0) is 42.5 Å². The Labute approximate surface area is 138 Å². The van der Waals surface area contributed by atoms with Crippen LogP contribution in [0.1, 0.15) is 11.1 Å². The third-order valence-corrected chi connectivity index (χ3v) is 4.36. The van der Waals surface area contributed by atoms with Crippen LogP contribution in [-0.4, -0.2) is 18.3 Å². The zero-order valence-electron chi connectivity index (χ0n) is 12.8. The van der Waals surface area contributed by atoms with E-state index in [0.717, 1.165) is 27.8 Å². The van der Waals surface area contributed by atoms with Crippen molar-refractivity contribution in [2.24, 2.45) is 0 Å². The second-order valence-corrected chi connectivity index (χ2v) is 6.09. The number of rotatable bonds is 3. The minimum atomic E-state index is -0.329. The number of anilines is 1. The standard InChI is InChI=1S/C18H15NO3S/c1-12-7-9-13(10-8-12)11-16-17(20)19(18(21)23-16)14-5-3-4-6-15(14)22-2/h3-11H,1-2H3/b16-11-. The SMILES string of the molecule is COc1ccccc1N1C(=O)S/C(=C\c2ccc(C)cc2)C1=O. The zero-order chi connectivity index (χ0) is 16.4. The third-order valence-electron chi connectivity index (χ3n) is 3.49. The van der Waals surface area contributed by atoms with Crippen molar-refractivity contribution in [3.8, 4) is 5.75 Å². The number of carbonyl (C=O) groups is 2. The predicted octanol–water partition coefficient (Wildman–Crippen LogP) is 4.24. The highest BCUT2D eigenvalue weighted by atomic mass is 32.2. The molecule has 1 saturated heterocycles. The van der Waals surface area contributed by atoms with Gasteiger partial charge in [-0.15, -0.1) is 0 Å². The maximum absolute atomic E-state index is 12.6. The molecular weight excluding hydrogens is 310 g/mol. The fraction of sp³-hybridized carbons (Fsp3) is 0.111. The van der Waals surface area contributed by atoms with Crippen LogP contribution >= 0.6 is 11.8 Å². The molecule has 0 atom stereocenters. The third kappa shape index (κ3) is 3.00. The van der Waals surface area contributed by atoms with Crippen molar-refractivity contribution in [2.45, 2.75) is 6.92 Å². The smallest absolute Gasteiger partial charge is 0.298 e. The second-order valence-electron chi connectivity index (χ2n) is 5.10. The molecule has 2 aromatic carbocycles. The van der Waals surface area contributed by atoms with E-state index in [-0.39, 0.29) is 11.1 Å². The van der Waals surface area contributed by atoms with Crippen LogP contribution in [0.5, 0.6) is 5.75 Å². The summed E-state index contributed by atoms with van der Waals surface area (Å²) in [6.45, 7) is 2.00. The molecule has 0 aromatic heterocycles. The number of methoxy groups -OCH3 is 1. The lowest BCUT2D eigenvalue weighted by atomic mass is 10.1. The molecule has 0 bridgehead atoms. The molecule has 0 radical (unpaired) electrons. The van der Waals surface area contributed by atoms with Gasteiger partial charge in [-0.25, -0.2) is 4.90 Å². The minimum Gasteiger partial charge on any atom is -0.495 e. The quantitative estimate of drug-likeness (QED) is 0.792. The van der Waals surface area contributed by atoms with Crippen molar-refractivity contribution in [1.82, 2.24) is 0 Å². The largest absolute Gasteiger partial charge is 0.495 e. The summed E-state index contributed by atoms with van der Waals surface area (Å²) >= 11 is 0.938. The van der Waals surface area contributed by atoms with Crippen LogP contribution in [0.25, 0.3) is 6.08 Å². The maximum atomic E-state index is 12.6. The van der Waals surface area contributed by atoms with Crippen molar-refractivity contribution in [1.29, 1.82) is 0 Å². The zero-order valence-corrected chi connectivity index (χ0v) is 13.6. The first-order chi connectivity index (χ1) is 11.1. The molecule has 3 rings (SSSR count). The average molecular weight is 325 g/mol. The number of aryl methyl sites for hydroxylation is 1. The monoisotopic (exact) mass is 325 g/mol. The first-order valence-corrected chi connectivity index (χ1v) is 7.89. The van der Waals surface area contributed by atoms with E-state index in [4.69, 9.17) is 4.74 Å². The van der Waals surface area contributed by atoms with Gasteiger partial charge < -0.3 is 4.74 Å². The Hall–Kier alpha value is -2.53. The lowest BCUT2D eigenvalue weighted by Crippen LogP contribution is -2.28. The Morgan fingerprint density at radius 2 is 1.74 bits per heavy atom. The Morgan fingerprint density at radius 3 is 2.43 bits per heavy atom. The highest BCUT2D eigenvalue weighted by molar-refractivity contribution is 8.19. The van der Waals surface area contributed by atoms with Crippen molar-refractivity contribution >= 4 is 34.7 Å². The Balaban J connectivity index is 1.95. The summed E-state index contributed by atoms with van der Waals surface area (Å²) in [7, 11) is 1.51. The topological polar surface area (TPSA) is 46.6 Å². The molecule has 1 heterocycles. The van der Waals surface area contributed by atoms with Crippen LogP contribution in [0, 0.1) is 6.92 Å². The summed E-state index contributed by atoms with van der Waals surface area (Å²) in [5.74, 6) is 0.163. The normalized spacial score (nSPS) is 16.3. The van der Waals surface area contributed by atoms with Gasteiger partial charge in [0.05, 0.1) is 17.7 Å². The van der Waals surface area contributed by atoms with Gasteiger partial charge in [0.1, 0.15) is 5.75 Å². The molecule has 2 aromatic rings. The molecule has 1 aliphatic heterocycles. The molecule has 4 nitrogen and oxygen atoms in total. The van der Waals surface area contributed by atoms with Gasteiger partial charge in [-0.3, -0.25) is 9.59 Å². The van der Waals surface area contributed by atoms with E-state index in [0.29, 0.717) is 16.3 Å². The van der Waals surface area contributed by atoms with E-state index in [1.54, 1.807) is 30.3 Å². The van der Waals surface area contributed by atoms with Crippen molar-refractivity contribution in [3.05, 3.63) is 64.6 Å². The van der Waals surface area contributed by atoms with E-state index in [1.807, 2.05) is 31.2 Å². The number of benzene rings is 2. The molecule has 0 aliphatic carbocycles. The summed E-state index contributed by atoms with van der Waals surface area (Å²) in [6, 6.07) is 14.8. The first-order valence-electron chi connectivity index (χ1n) is 7.08. The highest BCUT2D eigenvalue weighted by Gasteiger charge is 2.37. The van der Waals surface area contributed by atoms with Crippen LogP contribution in [0.2, 0.25) is 0 Å². The molecule has 2 amide bonds. The summed E-state index contributed by atoms with van der Waals surface area (Å²) in [5.41, 5.74) is 2.50. The predicted molar refractivity (Wildman–Crippen MR) is 92.6 cm³/mol. The molecule has 1 aliphatic rings. The van der Waals surface area contributed by atoms with Crippen LogP contribution < -0.4 is 9.64 Å². The van der Waals surface area contributed by atoms with Gasteiger partial charge in [0, 0.05) is 0 Å². The van der Waals surface area contributed by atoms with Crippen LogP contribution in [-0.2, 0) is 4.79 Å². The van der Waals surface area contributed by atoms with Crippen molar-refractivity contribution < 1.29 is 14.3 Å². The molecule has 0 N–H and O–H groups in total. The van der Waals surface area contributed by atoms with E-state index in [2.05, 4.69) is 0 Å². The van der Waals surface area contributed by atoms with Gasteiger partial charge in [-0.1, -0.05) is 42.0 Å². The number of ether oxygens (including phenoxy) is 1. The first kappa shape index (κ1) is 15.4. The number of thioether (sulfide) groups is 1. The number of amides is 2. The van der Waals surface area contributed by atoms with Crippen LogP contribution in [0.3, 0.4) is 0 Å². The van der Waals surface area contributed by atoms with Crippen molar-refractivity contribution in [2.75, 3.05) is 12.0 Å². The fourth-order valence-corrected chi connectivity index (χ4v) is 3.14. The van der Waals surface area contributed by atoms with Gasteiger partial charge in [0.25, 0.3) is 11.1 Å². The summed E-state index contributed by atoms with van der Waals surface area (Å²) in [5, 5.41) is -0.321. The summed E-state index contributed by atoms with van der Waals surface area (Å²) in [6.07, 6.45) is 1.74. The molecule has 1 fully saturated rings. The van der Waals surface area contributed by atoms with Gasteiger partial charge in [0.2, 0.25) is 0 Å². The Bertz CT molecular complexity index is 796. The highest BCUT2D eigenvalue weighted by Crippen LogP contribution is 2.39. The van der Waals surface area contributed by atoms with Crippen LogP contribution in [0.15, 0.2) is 53.4 Å². The Kier molecular flexibility index (Phi) is 4.21. The minimum absolute atomic E-state index is 0.321. The van der Waals surface area contributed by atoms with E-state index >= 15 is 0 Å². The summed E-state index contributed by atoms with van der Waals surface area (Å²) < 4.78 is 5.25. The fourth-order valence-electron chi connectivity index (χ4n) is 2.30. The van der Waals surface area contributed by atoms with E-state index in [9.17, 15) is 9.59 Å². The van der Waals surface area contributed by atoms with E-state index in [1.165, 1.54) is 7.11 Å². The molecular formula is C18H15NO3S. The number of hydrogen-bond acceptors (Lipinski definition) is 4. The molecule has 0 spiro atoms. The summed E-state index contributed by atoms with van der Waals surface area (Å²) in [4.78, 5) is 26.5. The number of hydrogen-bond donors (Lipinski definition) is 0. The van der Waals surface area contributed by atoms with Crippen LogP contribution in [0.4, 0.5) is 10.5 Å². The molecule has 0 saturated carbocycles. The molecule has 23 heavy (non-hydrogen) atoms. The Morgan fingerprint density at radius 1 is 1.04 bits per heavy atom. The molecule has 5 heteroatoms. The lowest BCUT2D eigenvalue weighted by Gasteiger charge is -2.15. The van der Waals surface area contributed by atoms with Gasteiger partial charge in [-0.2, -0.15) is 0 Å². The maximum Gasteiger partial charge on any atom is 0.298 e. The average Bonchev–Trinajstić information content (AvgIpc) is 2.83. The lowest BCUT2D eigenvalue weighted by molar-refractivity contribution is -0.113. The van der Waals surface area contributed by atoms with Crippen molar-refractivity contribution in [3.63, 3.8) is 0 Å². The van der Waals surface area contributed by atoms with Gasteiger partial charge >= 0.3 is 0 Å². The van der Waals surface area contributed by atoms with Gasteiger partial charge in [0.15, 0.2) is 0 Å². The molecule has 116 valence electrons.